The highest BCUT2D eigenvalue weighted by Crippen LogP contribution is 2.47. The summed E-state index contributed by atoms with van der Waals surface area (Å²) in [6.45, 7) is 0.308. The van der Waals surface area contributed by atoms with E-state index >= 15 is 0 Å². The van der Waals surface area contributed by atoms with Gasteiger partial charge in [0.25, 0.3) is 0 Å². The molecule has 0 unspecified atom stereocenters. The first kappa shape index (κ1) is 21.7. The van der Waals surface area contributed by atoms with Gasteiger partial charge in [-0.3, -0.25) is 19.7 Å². The Balaban J connectivity index is 1.68. The number of ether oxygens (including phenoxy) is 1. The van der Waals surface area contributed by atoms with Crippen LogP contribution >= 0.6 is 0 Å². The number of sulfonamides is 1. The quantitative estimate of drug-likeness (QED) is 0.678. The highest BCUT2D eigenvalue weighted by Gasteiger charge is 2.31. The Bertz CT molecular complexity index is 1240. The summed E-state index contributed by atoms with van der Waals surface area (Å²) < 4.78 is 30.8. The van der Waals surface area contributed by atoms with Gasteiger partial charge in [-0.05, 0) is 55.2 Å². The summed E-state index contributed by atoms with van der Waals surface area (Å²) in [5.74, 6) is 6.98. The van der Waals surface area contributed by atoms with Gasteiger partial charge in [0, 0.05) is 35.5 Å². The molecule has 2 aromatic carbocycles. The molecule has 0 bridgehead atoms. The largest absolute Gasteiger partial charge is 0.495 e. The van der Waals surface area contributed by atoms with Crippen molar-refractivity contribution in [1.29, 1.82) is 0 Å². The van der Waals surface area contributed by atoms with Gasteiger partial charge in [-0.15, -0.1) is 0 Å². The summed E-state index contributed by atoms with van der Waals surface area (Å²) in [6.07, 6.45) is 3.43. The summed E-state index contributed by atoms with van der Waals surface area (Å²) in [5.41, 5.74) is 3.49. The van der Waals surface area contributed by atoms with Gasteiger partial charge in [0.2, 0.25) is 15.9 Å². The van der Waals surface area contributed by atoms with Crippen LogP contribution in [0.5, 0.6) is 5.75 Å². The molecule has 9 heteroatoms. The smallest absolute Gasteiger partial charge is 0.328 e. The minimum Gasteiger partial charge on any atom is -0.495 e. The average molecular weight is 454 g/mol. The molecule has 1 heterocycles. The van der Waals surface area contributed by atoms with E-state index in [1.165, 1.54) is 0 Å². The SMILES string of the molecule is COc1c(C#Cc2ccc(NS(C)(=O)=O)cc2)cc(N2CCC(=O)NC2=O)cc1C1CC1. The van der Waals surface area contributed by atoms with E-state index in [4.69, 9.17) is 4.74 Å². The maximum Gasteiger partial charge on any atom is 0.328 e. The molecule has 2 fully saturated rings. The highest BCUT2D eigenvalue weighted by atomic mass is 32.2. The van der Waals surface area contributed by atoms with Crippen LogP contribution in [-0.4, -0.2) is 40.3 Å². The number of methoxy groups -OCH3 is 1. The molecule has 0 radical (unpaired) electrons. The first-order valence-corrected chi connectivity index (χ1v) is 12.1. The lowest BCUT2D eigenvalue weighted by Crippen LogP contribution is -2.49. The topological polar surface area (TPSA) is 105 Å². The summed E-state index contributed by atoms with van der Waals surface area (Å²) in [6, 6.07) is 10.0. The fourth-order valence-electron chi connectivity index (χ4n) is 3.60. The number of amides is 3. The van der Waals surface area contributed by atoms with Gasteiger partial charge in [-0.1, -0.05) is 11.8 Å². The van der Waals surface area contributed by atoms with E-state index < -0.39 is 16.1 Å². The van der Waals surface area contributed by atoms with Crippen molar-refractivity contribution < 1.29 is 22.7 Å². The van der Waals surface area contributed by atoms with E-state index in [2.05, 4.69) is 21.9 Å². The van der Waals surface area contributed by atoms with Crippen molar-refractivity contribution in [2.75, 3.05) is 29.5 Å². The number of anilines is 2. The first-order chi connectivity index (χ1) is 15.2. The number of nitrogens with one attached hydrogen (secondary N) is 2. The van der Waals surface area contributed by atoms with Gasteiger partial charge >= 0.3 is 6.03 Å². The van der Waals surface area contributed by atoms with E-state index in [-0.39, 0.29) is 12.3 Å². The highest BCUT2D eigenvalue weighted by molar-refractivity contribution is 7.92. The predicted molar refractivity (Wildman–Crippen MR) is 121 cm³/mol. The van der Waals surface area contributed by atoms with Gasteiger partial charge in [0.1, 0.15) is 5.75 Å². The van der Waals surface area contributed by atoms with Gasteiger partial charge < -0.3 is 4.74 Å². The van der Waals surface area contributed by atoms with Crippen molar-refractivity contribution in [2.45, 2.75) is 25.2 Å². The molecule has 0 spiro atoms. The first-order valence-electron chi connectivity index (χ1n) is 10.2. The Morgan fingerprint density at radius 2 is 1.84 bits per heavy atom. The number of urea groups is 1. The summed E-state index contributed by atoms with van der Waals surface area (Å²) in [4.78, 5) is 25.4. The normalized spacial score (nSPS) is 16.1. The van der Waals surface area contributed by atoms with Crippen molar-refractivity contribution in [3.8, 4) is 17.6 Å². The van der Waals surface area contributed by atoms with E-state index in [0.29, 0.717) is 40.7 Å². The van der Waals surface area contributed by atoms with Crippen molar-refractivity contribution >= 4 is 33.3 Å². The van der Waals surface area contributed by atoms with Crippen LogP contribution in [0.1, 0.15) is 41.9 Å². The summed E-state index contributed by atoms with van der Waals surface area (Å²) in [7, 11) is -1.74. The lowest BCUT2D eigenvalue weighted by Gasteiger charge is -2.27. The zero-order valence-electron chi connectivity index (χ0n) is 17.8. The Morgan fingerprint density at radius 1 is 1.12 bits per heavy atom. The van der Waals surface area contributed by atoms with Gasteiger partial charge in [-0.2, -0.15) is 0 Å². The molecular weight excluding hydrogens is 430 g/mol. The van der Waals surface area contributed by atoms with Crippen molar-refractivity contribution in [3.63, 3.8) is 0 Å². The molecule has 8 nitrogen and oxygen atoms in total. The summed E-state index contributed by atoms with van der Waals surface area (Å²) in [5, 5.41) is 2.35. The molecule has 1 aliphatic heterocycles. The minimum absolute atomic E-state index is 0.241. The molecule has 2 aromatic rings. The Morgan fingerprint density at radius 3 is 2.44 bits per heavy atom. The second-order valence-corrected chi connectivity index (χ2v) is 9.60. The van der Waals surface area contributed by atoms with Crippen LogP contribution in [0, 0.1) is 11.8 Å². The third-order valence-corrected chi connectivity index (χ3v) is 5.83. The molecule has 0 aromatic heterocycles. The molecule has 2 N–H and O–H groups in total. The van der Waals surface area contributed by atoms with E-state index in [1.807, 2.05) is 6.07 Å². The second kappa shape index (κ2) is 8.55. The Labute approximate surface area is 187 Å². The van der Waals surface area contributed by atoms with Crippen LogP contribution in [0.4, 0.5) is 16.2 Å². The van der Waals surface area contributed by atoms with Crippen LogP contribution in [-0.2, 0) is 14.8 Å². The predicted octanol–water partition coefficient (Wildman–Crippen LogP) is 2.79. The monoisotopic (exact) mass is 453 g/mol. The second-order valence-electron chi connectivity index (χ2n) is 7.85. The number of benzene rings is 2. The van der Waals surface area contributed by atoms with E-state index in [1.54, 1.807) is 42.3 Å². The summed E-state index contributed by atoms with van der Waals surface area (Å²) >= 11 is 0. The van der Waals surface area contributed by atoms with E-state index in [9.17, 15) is 18.0 Å². The van der Waals surface area contributed by atoms with Gasteiger partial charge in [-0.25, -0.2) is 13.2 Å². The number of carbonyl (C=O) groups excluding carboxylic acids is 2. The van der Waals surface area contributed by atoms with Crippen molar-refractivity contribution in [2.24, 2.45) is 0 Å². The number of rotatable bonds is 5. The lowest BCUT2D eigenvalue weighted by molar-refractivity contribution is -0.120. The number of carbonyl (C=O) groups is 2. The maximum atomic E-state index is 12.4. The Kier molecular flexibility index (Phi) is 5.80. The van der Waals surface area contributed by atoms with Crippen LogP contribution in [0.15, 0.2) is 36.4 Å². The van der Waals surface area contributed by atoms with Crippen LogP contribution in [0.25, 0.3) is 0 Å². The number of hydrogen-bond donors (Lipinski definition) is 2. The number of imide groups is 1. The van der Waals surface area contributed by atoms with Crippen molar-refractivity contribution in [3.05, 3.63) is 53.1 Å². The maximum absolute atomic E-state index is 12.4. The molecule has 32 heavy (non-hydrogen) atoms. The molecule has 1 aliphatic carbocycles. The van der Waals surface area contributed by atoms with Gasteiger partial charge in [0.05, 0.1) is 18.9 Å². The van der Waals surface area contributed by atoms with Crippen LogP contribution < -0.4 is 19.7 Å². The fourth-order valence-corrected chi connectivity index (χ4v) is 4.16. The third kappa shape index (κ3) is 5.03. The average Bonchev–Trinajstić information content (AvgIpc) is 3.57. The molecule has 2 aliphatic rings. The van der Waals surface area contributed by atoms with E-state index in [0.717, 1.165) is 24.7 Å². The molecule has 1 saturated heterocycles. The fraction of sp³-hybridized carbons (Fsp3) is 0.304. The molecule has 0 atom stereocenters. The molecule has 4 rings (SSSR count). The van der Waals surface area contributed by atoms with Gasteiger partial charge in [0.15, 0.2) is 0 Å². The lowest BCUT2D eigenvalue weighted by atomic mass is 10.0. The Hall–Kier alpha value is -3.51. The molecule has 166 valence electrons. The standard InChI is InChI=1S/C23H23N3O5S/c1-31-22-17(6-3-15-4-9-18(10-5-15)25-32(2,29)30)13-19(14-20(22)16-7-8-16)26-12-11-21(27)24-23(26)28/h4-5,9-10,13-14,16,25H,7-8,11-12H2,1-2H3,(H,24,27,28). The minimum atomic E-state index is -3.35. The third-order valence-electron chi connectivity index (χ3n) is 5.22. The molecular formula is C23H23N3O5S. The van der Waals surface area contributed by atoms with Crippen molar-refractivity contribution in [1.82, 2.24) is 5.32 Å². The molecule has 1 saturated carbocycles. The molecule has 3 amide bonds. The number of hydrogen-bond acceptors (Lipinski definition) is 5. The zero-order valence-corrected chi connectivity index (χ0v) is 18.6. The van der Waals surface area contributed by atoms with Crippen LogP contribution in [0.2, 0.25) is 0 Å². The zero-order chi connectivity index (χ0) is 22.9. The number of nitrogens with zero attached hydrogens (tertiary/aromatic N) is 1. The van der Waals surface area contributed by atoms with Crippen LogP contribution in [0.3, 0.4) is 0 Å².